The lowest BCUT2D eigenvalue weighted by Crippen LogP contribution is -2.08. The molecule has 1 aromatic carbocycles. The number of halogens is 5. The van der Waals surface area contributed by atoms with Gasteiger partial charge < -0.3 is 0 Å². The number of hydrogen-bond acceptors (Lipinski definition) is 0. The summed E-state index contributed by atoms with van der Waals surface area (Å²) in [4.78, 5) is 0. The van der Waals surface area contributed by atoms with Gasteiger partial charge in [0.25, 0.3) is 0 Å². The van der Waals surface area contributed by atoms with Crippen molar-refractivity contribution in [3.05, 3.63) is 40.6 Å². The van der Waals surface area contributed by atoms with E-state index in [0.717, 1.165) is 0 Å². The molecule has 0 unspecified atom stereocenters. The first kappa shape index (κ1) is 10.8. The molecule has 14 heavy (non-hydrogen) atoms. The smallest absolute Gasteiger partial charge is 0.175 e. The Labute approximate surface area is 77.4 Å². The van der Waals surface area contributed by atoms with Crippen molar-refractivity contribution in [3.63, 3.8) is 0 Å². The minimum absolute atomic E-state index is 0.0257. The van der Waals surface area contributed by atoms with Crippen LogP contribution in [0.3, 0.4) is 0 Å². The van der Waals surface area contributed by atoms with E-state index in [-0.39, 0.29) is 5.92 Å². The molecule has 0 nitrogen and oxygen atoms in total. The van der Waals surface area contributed by atoms with E-state index in [1.807, 2.05) is 0 Å². The van der Waals surface area contributed by atoms with Gasteiger partial charge in [-0.3, -0.25) is 8.78 Å². The predicted molar refractivity (Wildman–Crippen MR) is 39.9 cm³/mol. The highest BCUT2D eigenvalue weighted by Gasteiger charge is 2.18. The van der Waals surface area contributed by atoms with Gasteiger partial charge in [0.2, 0.25) is 0 Å². The molecule has 0 spiro atoms. The summed E-state index contributed by atoms with van der Waals surface area (Å²) in [5.41, 5.74) is -0.860. The Bertz CT molecular complexity index is 341. The van der Waals surface area contributed by atoms with E-state index in [2.05, 4.69) is 0 Å². The fraction of sp³-hybridized carbons (Fsp3) is 0.222. The van der Waals surface area contributed by atoms with Crippen LogP contribution in [0.1, 0.15) is 19.4 Å². The fourth-order valence-electron chi connectivity index (χ4n) is 1.04. The van der Waals surface area contributed by atoms with Gasteiger partial charge in [-0.05, 0) is 0 Å². The van der Waals surface area contributed by atoms with Gasteiger partial charge >= 0.3 is 0 Å². The molecule has 0 radical (unpaired) electrons. The lowest BCUT2D eigenvalue weighted by molar-refractivity contribution is 0.372. The molecule has 0 heterocycles. The monoisotopic (exact) mass is 209 g/mol. The number of hydrogen-bond donors (Lipinski definition) is 0. The zero-order valence-corrected chi connectivity index (χ0v) is 7.39. The molecule has 0 saturated carbocycles. The second-order valence-corrected chi connectivity index (χ2v) is 2.94. The van der Waals surface area contributed by atoms with Gasteiger partial charge in [0.15, 0.2) is 5.82 Å². The van der Waals surface area contributed by atoms with Crippen molar-refractivity contribution in [2.75, 3.05) is 0 Å². The van der Waals surface area contributed by atoms with Crippen LogP contribution < -0.4 is 0 Å². The summed E-state index contributed by atoms with van der Waals surface area (Å²) in [7, 11) is 0. The van der Waals surface area contributed by atoms with E-state index in [0.29, 0.717) is 0 Å². The molecular formula is C9H6F5-. The Morgan fingerprint density at radius 3 is 1.21 bits per heavy atom. The largest absolute Gasteiger partial charge is 0.280 e. The zero-order valence-electron chi connectivity index (χ0n) is 7.39. The highest BCUT2D eigenvalue weighted by atomic mass is 19.2. The SMILES string of the molecule is C[C-](C)c1c(F)c(F)c(F)c(F)c1F. The van der Waals surface area contributed by atoms with Crippen LogP contribution in [0.15, 0.2) is 0 Å². The van der Waals surface area contributed by atoms with Crippen LogP contribution >= 0.6 is 0 Å². The van der Waals surface area contributed by atoms with Crippen molar-refractivity contribution in [3.8, 4) is 0 Å². The molecule has 0 saturated heterocycles. The third-order valence-corrected chi connectivity index (χ3v) is 1.71. The molecule has 0 amide bonds. The molecule has 0 atom stereocenters. The second-order valence-electron chi connectivity index (χ2n) is 2.94. The summed E-state index contributed by atoms with van der Waals surface area (Å²) >= 11 is 0. The quantitative estimate of drug-likeness (QED) is 0.288. The molecule has 1 rings (SSSR count). The van der Waals surface area contributed by atoms with E-state index in [4.69, 9.17) is 0 Å². The standard InChI is InChI=1S/C9H6F5/c1-3(2)4-5(10)7(12)9(14)8(13)6(4)11/h1-2H3/q-1. The molecule has 0 aromatic heterocycles. The van der Waals surface area contributed by atoms with Gasteiger partial charge in [-0.25, -0.2) is 13.2 Å². The first-order valence-electron chi connectivity index (χ1n) is 3.69. The van der Waals surface area contributed by atoms with Crippen LogP contribution in [0.2, 0.25) is 0 Å². The third-order valence-electron chi connectivity index (χ3n) is 1.71. The zero-order chi connectivity index (χ0) is 11.0. The summed E-state index contributed by atoms with van der Waals surface area (Å²) in [6, 6.07) is 0. The van der Waals surface area contributed by atoms with E-state index in [1.165, 1.54) is 13.8 Å². The first-order valence-corrected chi connectivity index (χ1v) is 3.69. The molecule has 78 valence electrons. The van der Waals surface area contributed by atoms with Crippen LogP contribution in [-0.2, 0) is 0 Å². The number of rotatable bonds is 1. The Morgan fingerprint density at radius 1 is 0.643 bits per heavy atom. The van der Waals surface area contributed by atoms with Gasteiger partial charge in [-0.1, -0.05) is 13.8 Å². The molecule has 0 bridgehead atoms. The van der Waals surface area contributed by atoms with Crippen molar-refractivity contribution >= 4 is 0 Å². The van der Waals surface area contributed by atoms with E-state index >= 15 is 0 Å². The van der Waals surface area contributed by atoms with Crippen molar-refractivity contribution in [1.82, 2.24) is 0 Å². The molecule has 0 N–H and O–H groups in total. The van der Waals surface area contributed by atoms with Crippen LogP contribution in [-0.4, -0.2) is 0 Å². The van der Waals surface area contributed by atoms with E-state index < -0.39 is 34.6 Å². The molecular weight excluding hydrogens is 203 g/mol. The molecule has 5 heteroatoms. The number of benzene rings is 1. The van der Waals surface area contributed by atoms with Gasteiger partial charge in [-0.2, -0.15) is 5.92 Å². The van der Waals surface area contributed by atoms with Crippen molar-refractivity contribution < 1.29 is 22.0 Å². The van der Waals surface area contributed by atoms with Crippen molar-refractivity contribution in [2.45, 2.75) is 13.8 Å². The maximum absolute atomic E-state index is 12.9. The van der Waals surface area contributed by atoms with Crippen LogP contribution in [0.5, 0.6) is 0 Å². The van der Waals surface area contributed by atoms with Crippen molar-refractivity contribution in [2.24, 2.45) is 0 Å². The summed E-state index contributed by atoms with van der Waals surface area (Å²) < 4.78 is 63.5. The minimum Gasteiger partial charge on any atom is -0.280 e. The topological polar surface area (TPSA) is 0 Å². The maximum Gasteiger partial charge on any atom is 0.175 e. The van der Waals surface area contributed by atoms with Gasteiger partial charge in [0.1, 0.15) is 11.6 Å². The molecule has 0 aliphatic heterocycles. The molecule has 1 aromatic rings. The normalized spacial score (nSPS) is 10.5. The third kappa shape index (κ3) is 1.42. The second kappa shape index (κ2) is 3.48. The van der Waals surface area contributed by atoms with Gasteiger partial charge in [0.05, 0.1) is 11.6 Å². The van der Waals surface area contributed by atoms with Gasteiger partial charge in [-0.15, -0.1) is 5.56 Å². The summed E-state index contributed by atoms with van der Waals surface area (Å²) in [5.74, 6) is -9.52. The lowest BCUT2D eigenvalue weighted by atomic mass is 10.0. The van der Waals surface area contributed by atoms with E-state index in [9.17, 15) is 22.0 Å². The Kier molecular flexibility index (Phi) is 2.69. The fourth-order valence-corrected chi connectivity index (χ4v) is 1.04. The Hall–Kier alpha value is -1.26. The average Bonchev–Trinajstić information content (AvgIpc) is 2.11. The lowest BCUT2D eigenvalue weighted by Gasteiger charge is -2.20. The van der Waals surface area contributed by atoms with Crippen LogP contribution in [0.4, 0.5) is 22.0 Å². The Morgan fingerprint density at radius 2 is 0.929 bits per heavy atom. The molecule has 0 aliphatic rings. The maximum atomic E-state index is 12.9. The van der Waals surface area contributed by atoms with Crippen molar-refractivity contribution in [1.29, 1.82) is 0 Å². The first-order chi connectivity index (χ1) is 6.37. The van der Waals surface area contributed by atoms with E-state index in [1.54, 1.807) is 0 Å². The van der Waals surface area contributed by atoms with Gasteiger partial charge in [0, 0.05) is 0 Å². The average molecular weight is 209 g/mol. The summed E-state index contributed by atoms with van der Waals surface area (Å²) in [5, 5.41) is 0. The summed E-state index contributed by atoms with van der Waals surface area (Å²) in [6.45, 7) is 2.52. The van der Waals surface area contributed by atoms with Crippen LogP contribution in [0, 0.1) is 35.0 Å². The molecule has 0 fully saturated rings. The highest BCUT2D eigenvalue weighted by molar-refractivity contribution is 5.33. The summed E-state index contributed by atoms with van der Waals surface area (Å²) in [6.07, 6.45) is 0. The molecule has 0 aliphatic carbocycles. The minimum atomic E-state index is -2.13. The van der Waals surface area contributed by atoms with Crippen LogP contribution in [0.25, 0.3) is 0 Å². The predicted octanol–water partition coefficient (Wildman–Crippen LogP) is 3.34. The Balaban J connectivity index is 3.60. The highest BCUT2D eigenvalue weighted by Crippen LogP contribution is 2.27.